The SMILES string of the molecule is c1ccc(-c2nc(-c3ccc4c(c3)sc3ccccc34)nc(-c3cccc4c3sc3ccc(-c5cccc6c5sc5ccccc56)cc34)n2)cc1. The Morgan fingerprint density at radius 3 is 1.65 bits per heavy atom. The highest BCUT2D eigenvalue weighted by Crippen LogP contribution is 2.44. The van der Waals surface area contributed by atoms with Crippen LogP contribution in [0.25, 0.3) is 106 Å². The van der Waals surface area contributed by atoms with E-state index in [0.717, 1.165) is 16.7 Å². The van der Waals surface area contributed by atoms with Gasteiger partial charge in [0.25, 0.3) is 0 Å². The van der Waals surface area contributed by atoms with Gasteiger partial charge in [-0.3, -0.25) is 0 Å². The number of nitrogens with zero attached hydrogens (tertiary/aromatic N) is 3. The lowest BCUT2D eigenvalue weighted by molar-refractivity contribution is 1.08. The number of benzene rings is 7. The molecule has 0 aliphatic carbocycles. The highest BCUT2D eigenvalue weighted by atomic mass is 32.1. The monoisotopic (exact) mass is 703 g/mol. The molecule has 6 heteroatoms. The largest absolute Gasteiger partial charge is 0.208 e. The van der Waals surface area contributed by atoms with Crippen LogP contribution in [-0.2, 0) is 0 Å². The molecule has 51 heavy (non-hydrogen) atoms. The molecule has 0 N–H and O–H groups in total. The van der Waals surface area contributed by atoms with Crippen molar-refractivity contribution in [2.24, 2.45) is 0 Å². The van der Waals surface area contributed by atoms with Crippen molar-refractivity contribution in [2.75, 3.05) is 0 Å². The molecule has 0 unspecified atom stereocenters. The molecule has 0 saturated carbocycles. The van der Waals surface area contributed by atoms with Gasteiger partial charge in [0.15, 0.2) is 17.5 Å². The fraction of sp³-hybridized carbons (Fsp3) is 0. The molecule has 0 aliphatic heterocycles. The fourth-order valence-corrected chi connectivity index (χ4v) is 10.9. The minimum Gasteiger partial charge on any atom is -0.208 e. The summed E-state index contributed by atoms with van der Waals surface area (Å²) in [6.07, 6.45) is 0. The van der Waals surface area contributed by atoms with Crippen LogP contribution in [-0.4, -0.2) is 15.0 Å². The van der Waals surface area contributed by atoms with Gasteiger partial charge in [0.2, 0.25) is 0 Å². The molecule has 0 fully saturated rings. The summed E-state index contributed by atoms with van der Waals surface area (Å²) in [6.45, 7) is 0. The maximum absolute atomic E-state index is 5.19. The van der Waals surface area contributed by atoms with Crippen molar-refractivity contribution in [3.8, 4) is 45.3 Å². The first kappa shape index (κ1) is 29.0. The van der Waals surface area contributed by atoms with Crippen molar-refractivity contribution in [2.45, 2.75) is 0 Å². The van der Waals surface area contributed by atoms with Gasteiger partial charge in [-0.05, 0) is 47.5 Å². The fourth-order valence-electron chi connectivity index (χ4n) is 7.32. The van der Waals surface area contributed by atoms with Crippen molar-refractivity contribution in [3.63, 3.8) is 0 Å². The summed E-state index contributed by atoms with van der Waals surface area (Å²) in [5, 5.41) is 7.65. The molecule has 0 atom stereocenters. The van der Waals surface area contributed by atoms with Gasteiger partial charge in [-0.15, -0.1) is 34.0 Å². The van der Waals surface area contributed by atoms with Crippen LogP contribution in [0, 0.1) is 0 Å². The number of thiophene rings is 3. The van der Waals surface area contributed by atoms with Crippen LogP contribution in [0.4, 0.5) is 0 Å². The Morgan fingerprint density at radius 1 is 0.294 bits per heavy atom. The zero-order valence-corrected chi connectivity index (χ0v) is 29.4. The molecule has 0 amide bonds. The van der Waals surface area contributed by atoms with Gasteiger partial charge in [-0.1, -0.05) is 115 Å². The molecule has 4 aromatic heterocycles. The second-order valence-corrected chi connectivity index (χ2v) is 15.9. The molecule has 0 saturated heterocycles. The maximum Gasteiger partial charge on any atom is 0.165 e. The van der Waals surface area contributed by atoms with E-state index in [1.807, 2.05) is 40.9 Å². The van der Waals surface area contributed by atoms with Gasteiger partial charge in [-0.2, -0.15) is 0 Å². The third kappa shape index (κ3) is 4.65. The van der Waals surface area contributed by atoms with Crippen LogP contribution in [0.5, 0.6) is 0 Å². The Hall–Kier alpha value is -5.79. The van der Waals surface area contributed by atoms with E-state index in [-0.39, 0.29) is 0 Å². The van der Waals surface area contributed by atoms with Crippen molar-refractivity contribution < 1.29 is 0 Å². The Balaban J connectivity index is 1.09. The van der Waals surface area contributed by atoms with E-state index in [4.69, 9.17) is 15.0 Å². The van der Waals surface area contributed by atoms with Crippen LogP contribution in [0.15, 0.2) is 152 Å². The molecule has 11 rings (SSSR count). The Morgan fingerprint density at radius 2 is 0.843 bits per heavy atom. The third-order valence-electron chi connectivity index (χ3n) is 9.76. The zero-order chi connectivity index (χ0) is 33.5. The Bertz CT molecular complexity index is 3150. The van der Waals surface area contributed by atoms with Crippen LogP contribution in [0.2, 0.25) is 0 Å². The number of fused-ring (bicyclic) bond motifs is 9. The van der Waals surface area contributed by atoms with E-state index in [1.54, 1.807) is 11.3 Å². The maximum atomic E-state index is 5.19. The lowest BCUT2D eigenvalue weighted by Crippen LogP contribution is -2.00. The molecule has 0 aliphatic rings. The molecular formula is C45H25N3S3. The highest BCUT2D eigenvalue weighted by molar-refractivity contribution is 7.27. The molecule has 0 bridgehead atoms. The minimum absolute atomic E-state index is 0.670. The van der Waals surface area contributed by atoms with E-state index >= 15 is 0 Å². The molecular weight excluding hydrogens is 679 g/mol. The van der Waals surface area contributed by atoms with Crippen molar-refractivity contribution in [3.05, 3.63) is 152 Å². The van der Waals surface area contributed by atoms with E-state index in [1.165, 1.54) is 71.6 Å². The Kier molecular flexibility index (Phi) is 6.46. The average Bonchev–Trinajstić information content (AvgIpc) is 3.88. The van der Waals surface area contributed by atoms with Gasteiger partial charge in [0.05, 0.1) is 0 Å². The molecule has 3 nitrogen and oxygen atoms in total. The van der Waals surface area contributed by atoms with Gasteiger partial charge >= 0.3 is 0 Å². The number of hydrogen-bond acceptors (Lipinski definition) is 6. The number of hydrogen-bond donors (Lipinski definition) is 0. The van der Waals surface area contributed by atoms with Crippen LogP contribution >= 0.6 is 34.0 Å². The predicted molar refractivity (Wildman–Crippen MR) is 220 cm³/mol. The van der Waals surface area contributed by atoms with E-state index in [9.17, 15) is 0 Å². The van der Waals surface area contributed by atoms with E-state index < -0.39 is 0 Å². The summed E-state index contributed by atoms with van der Waals surface area (Å²) in [7, 11) is 0. The second-order valence-electron chi connectivity index (χ2n) is 12.8. The molecule has 11 aromatic rings. The van der Waals surface area contributed by atoms with Crippen molar-refractivity contribution in [1.82, 2.24) is 15.0 Å². The summed E-state index contributed by atoms with van der Waals surface area (Å²) < 4.78 is 7.59. The van der Waals surface area contributed by atoms with Gasteiger partial charge < -0.3 is 0 Å². The van der Waals surface area contributed by atoms with Crippen molar-refractivity contribution in [1.29, 1.82) is 0 Å². The van der Waals surface area contributed by atoms with E-state index in [0.29, 0.717) is 17.5 Å². The standard InChI is InChI=1S/C45H25N3S3/c1-2-10-26(11-3-1)43-46-44(28-20-22-32-30-12-4-6-18-37(30)49-40(32)25-28)48-45(47-43)35-17-9-16-34-36-24-27(21-23-39(36)51-42(34)35)29-14-8-15-33-31-13-5-7-19-38(31)50-41(29)33/h1-25H. The molecule has 0 spiro atoms. The zero-order valence-electron chi connectivity index (χ0n) is 27.0. The quantitative estimate of drug-likeness (QED) is 0.183. The van der Waals surface area contributed by atoms with E-state index in [2.05, 4.69) is 133 Å². The topological polar surface area (TPSA) is 38.7 Å². The lowest BCUT2D eigenvalue weighted by Gasteiger charge is -2.09. The molecule has 4 heterocycles. The average molecular weight is 704 g/mol. The minimum atomic E-state index is 0.670. The van der Waals surface area contributed by atoms with Gasteiger partial charge in [0, 0.05) is 77.2 Å². The summed E-state index contributed by atoms with van der Waals surface area (Å²) >= 11 is 5.49. The summed E-state index contributed by atoms with van der Waals surface area (Å²) in [4.78, 5) is 15.4. The molecule has 7 aromatic carbocycles. The third-order valence-corrected chi connectivity index (χ3v) is 13.3. The lowest BCUT2D eigenvalue weighted by atomic mass is 10.00. The van der Waals surface area contributed by atoms with Crippen LogP contribution in [0.3, 0.4) is 0 Å². The Labute approximate surface area is 304 Å². The first-order valence-corrected chi connectivity index (χ1v) is 19.3. The molecule has 0 radical (unpaired) electrons. The first-order valence-electron chi connectivity index (χ1n) is 16.8. The summed E-state index contributed by atoms with van der Waals surface area (Å²) in [5.41, 5.74) is 5.48. The highest BCUT2D eigenvalue weighted by Gasteiger charge is 2.18. The normalized spacial score (nSPS) is 11.9. The van der Waals surface area contributed by atoms with Crippen LogP contribution < -0.4 is 0 Å². The van der Waals surface area contributed by atoms with Crippen LogP contribution in [0.1, 0.15) is 0 Å². The number of rotatable bonds is 4. The number of aromatic nitrogens is 3. The smallest absolute Gasteiger partial charge is 0.165 e. The first-order chi connectivity index (χ1) is 25.2. The molecule has 238 valence electrons. The predicted octanol–water partition coefficient (Wildman–Crippen LogP) is 13.6. The second kappa shape index (κ2) is 11.4. The summed E-state index contributed by atoms with van der Waals surface area (Å²) in [6, 6.07) is 54.2. The summed E-state index contributed by atoms with van der Waals surface area (Å²) in [5.74, 6) is 2.03. The van der Waals surface area contributed by atoms with Gasteiger partial charge in [0.1, 0.15) is 0 Å². The van der Waals surface area contributed by atoms with Gasteiger partial charge in [-0.25, -0.2) is 15.0 Å². The van der Waals surface area contributed by atoms with Crippen molar-refractivity contribution >= 4 is 94.5 Å².